The van der Waals surface area contributed by atoms with Gasteiger partial charge < -0.3 is 56.2 Å². The number of aromatic amines is 2. The van der Waals surface area contributed by atoms with E-state index in [0.717, 1.165) is 32.1 Å². The van der Waals surface area contributed by atoms with Crippen LogP contribution in [0.3, 0.4) is 0 Å². The Morgan fingerprint density at radius 3 is 2.00 bits per heavy atom. The van der Waals surface area contributed by atoms with Gasteiger partial charge in [-0.2, -0.15) is 9.97 Å². The van der Waals surface area contributed by atoms with E-state index in [1.54, 1.807) is 0 Å². The summed E-state index contributed by atoms with van der Waals surface area (Å²) in [4.78, 5) is 56.5. The van der Waals surface area contributed by atoms with Crippen LogP contribution in [0.4, 0.5) is 11.9 Å². The Labute approximate surface area is 415 Å². The van der Waals surface area contributed by atoms with Gasteiger partial charge >= 0.3 is 15.6 Å². The van der Waals surface area contributed by atoms with Gasteiger partial charge in [-0.05, 0) is 19.3 Å². The van der Waals surface area contributed by atoms with E-state index in [4.69, 9.17) is 63.5 Å². The Bertz CT molecular complexity index is 2600. The molecule has 3 fully saturated rings. The molecule has 0 spiro atoms. The summed E-state index contributed by atoms with van der Waals surface area (Å²) in [7, 11) is -10.1. The largest absolute Gasteiger partial charge is 0.473 e. The molecule has 24 nitrogen and oxygen atoms in total. The summed E-state index contributed by atoms with van der Waals surface area (Å²) in [6.45, 7) is 1.91. The highest BCUT2D eigenvalue weighted by atomic mass is 32.1. The maximum absolute atomic E-state index is 13.7. The molecule has 1 aliphatic carbocycles. The van der Waals surface area contributed by atoms with Crippen LogP contribution in [0.25, 0.3) is 22.3 Å². The molecule has 3 aliphatic rings. The second-order valence-electron chi connectivity index (χ2n) is 18.2. The number of carbonyl (C=O) groups is 1. The molecule has 0 aromatic carbocycles. The molecular formula is C42H67N11O13P2S2. The zero-order chi connectivity index (χ0) is 50.1. The number of phosphoric acid groups is 2. The van der Waals surface area contributed by atoms with Gasteiger partial charge in [-0.25, -0.2) is 19.1 Å². The second kappa shape index (κ2) is 24.6. The number of rotatable bonds is 31. The number of ether oxygens (including phenoxy) is 2. The first-order valence-corrected chi connectivity index (χ1v) is 28.1. The zero-order valence-corrected chi connectivity index (χ0v) is 42.7. The van der Waals surface area contributed by atoms with Crippen molar-refractivity contribution in [1.82, 2.24) is 44.4 Å². The molecule has 0 bridgehead atoms. The zero-order valence-electron chi connectivity index (χ0n) is 39.3. The third kappa shape index (κ3) is 13.6. The molecule has 70 heavy (non-hydrogen) atoms. The predicted molar refractivity (Wildman–Crippen MR) is 261 cm³/mol. The van der Waals surface area contributed by atoms with Crippen LogP contribution in [-0.4, -0.2) is 121 Å². The summed E-state index contributed by atoms with van der Waals surface area (Å²) in [6, 6.07) is 0. The molecule has 7 rings (SSSR count). The minimum absolute atomic E-state index is 0.00393. The van der Waals surface area contributed by atoms with Crippen molar-refractivity contribution in [3.63, 3.8) is 0 Å². The van der Waals surface area contributed by atoms with Gasteiger partial charge in [0.05, 0.1) is 32.0 Å². The van der Waals surface area contributed by atoms with E-state index in [1.165, 1.54) is 86.0 Å². The lowest BCUT2D eigenvalue weighted by Crippen LogP contribution is -2.39. The van der Waals surface area contributed by atoms with Crippen molar-refractivity contribution in [2.75, 3.05) is 31.2 Å². The lowest BCUT2D eigenvalue weighted by atomic mass is 10.0. The number of amides is 1. The number of carbonyl (C=O) groups excluding carboxylic acids is 1. The Morgan fingerprint density at radius 2 is 1.37 bits per heavy atom. The minimum Gasteiger partial charge on any atom is -0.390 e. The van der Waals surface area contributed by atoms with E-state index in [2.05, 4.69) is 42.1 Å². The van der Waals surface area contributed by atoms with E-state index in [9.17, 15) is 33.9 Å². The molecule has 10 atom stereocenters. The molecule has 28 heteroatoms. The number of phosphoric ester groups is 2. The quantitative estimate of drug-likeness (QED) is 0.0145. The number of hydrogen-bond acceptors (Lipinski definition) is 19. The van der Waals surface area contributed by atoms with E-state index in [-0.39, 0.29) is 56.9 Å². The number of nitrogens with two attached hydrogens (primary N) is 2. The van der Waals surface area contributed by atoms with Crippen LogP contribution in [0, 0.1) is 9.28 Å². The number of nitrogens with zero attached hydrogens (tertiary/aromatic N) is 6. The summed E-state index contributed by atoms with van der Waals surface area (Å²) >= 11 is 10.6. The number of imidazole rings is 2. The van der Waals surface area contributed by atoms with E-state index in [0.29, 0.717) is 31.3 Å². The fraction of sp³-hybridized carbons (Fsp3) is 0.738. The van der Waals surface area contributed by atoms with Gasteiger partial charge in [0.15, 0.2) is 23.1 Å². The van der Waals surface area contributed by atoms with Crippen molar-refractivity contribution in [2.24, 2.45) is 0 Å². The Kier molecular flexibility index (Phi) is 19.1. The van der Waals surface area contributed by atoms with Crippen LogP contribution in [0.2, 0.25) is 0 Å². The number of nitrogen functional groups attached to an aromatic ring is 2. The summed E-state index contributed by atoms with van der Waals surface area (Å²) in [5.74, 6) is 0.00286. The standard InChI is InChI=1S/C42H67N11O13P2S2/c1-2-3-4-5-6-7-8-9-10-11-12-13-16-19-28(55)45-20-17-14-15-18-21-61-67(57,58)65-34-33-42(34,32(56)39(64-33)53-25-47-31-36(53)49-41(44)51-38(31)70)66-68(59,60)62-23-27-26(54)22-29(63-27)52-24-46-30-35(52)48-40(43)50-37(30)69/h24-27,29,32-34,39,54,56H,2-23H2,1H3,(H,45,55)(H,57,58)(H,59,60)(H3,43,48,50,69)(H3,44,49,51,70)/t26?,27-,29-,32?,33-,34?,39-,42?/m1/s1. The predicted octanol–water partition coefficient (Wildman–Crippen LogP) is 6.61. The summed E-state index contributed by atoms with van der Waals surface area (Å²) < 4.78 is 63.8. The lowest BCUT2D eigenvalue weighted by molar-refractivity contribution is -0.121. The summed E-state index contributed by atoms with van der Waals surface area (Å²) in [5.41, 5.74) is 10.4. The van der Waals surface area contributed by atoms with Crippen molar-refractivity contribution in [1.29, 1.82) is 0 Å². The number of aromatic nitrogens is 8. The average molecular weight is 1060 g/mol. The number of anilines is 2. The highest BCUT2D eigenvalue weighted by molar-refractivity contribution is 7.71. The molecule has 11 N–H and O–H groups in total. The molecule has 6 unspecified atom stereocenters. The summed E-state index contributed by atoms with van der Waals surface area (Å²) in [5, 5.41) is 25.7. The fourth-order valence-corrected chi connectivity index (χ4v) is 11.6. The van der Waals surface area contributed by atoms with Crippen LogP contribution >= 0.6 is 40.1 Å². The molecule has 4 aromatic heterocycles. The molecule has 1 amide bonds. The molecule has 6 heterocycles. The first-order valence-electron chi connectivity index (χ1n) is 24.3. The monoisotopic (exact) mass is 1060 g/mol. The van der Waals surface area contributed by atoms with E-state index < -0.39 is 70.8 Å². The van der Waals surface area contributed by atoms with Crippen molar-refractivity contribution >= 4 is 80.2 Å². The van der Waals surface area contributed by atoms with Crippen molar-refractivity contribution in [3.05, 3.63) is 21.9 Å². The number of aliphatic hydroxyl groups is 2. The van der Waals surface area contributed by atoms with E-state index >= 15 is 0 Å². The Balaban J connectivity index is 0.857. The number of aliphatic hydroxyl groups excluding tert-OH is 2. The first-order chi connectivity index (χ1) is 33.5. The molecule has 1 saturated carbocycles. The third-order valence-corrected chi connectivity index (χ3v) is 15.5. The van der Waals surface area contributed by atoms with Crippen LogP contribution in [0.15, 0.2) is 12.7 Å². The van der Waals surface area contributed by atoms with Crippen LogP contribution in [0.5, 0.6) is 0 Å². The molecule has 2 saturated heterocycles. The van der Waals surface area contributed by atoms with Crippen molar-refractivity contribution in [3.8, 4) is 0 Å². The van der Waals surface area contributed by atoms with Crippen molar-refractivity contribution in [2.45, 2.75) is 177 Å². The SMILES string of the molecule is CCCCCCCCCCCCCCCC(=O)NCCCCCCOP(=O)(O)OC1[C@H]2O[C@@H](n3cnc4c(=S)[nH]c(N)nc43)C(O)C12OP(=O)(O)OC[C@H]1O[C@@H](n2cnc3c(=S)[nH]c(N)nc32)CC1O. The molecular weight excluding hydrogens is 993 g/mol. The molecule has 2 aliphatic heterocycles. The topological polar surface area (TPSA) is 345 Å². The molecule has 0 radical (unpaired) electrons. The van der Waals surface area contributed by atoms with Gasteiger partial charge in [-0.3, -0.25) is 32.0 Å². The van der Waals surface area contributed by atoms with Crippen LogP contribution < -0.4 is 16.8 Å². The number of H-pyrrole nitrogens is 2. The number of unbranched alkanes of at least 4 members (excludes halogenated alkanes) is 15. The minimum atomic E-state index is -5.25. The number of nitrogens with one attached hydrogen (secondary N) is 3. The Hall–Kier alpha value is -3.33. The number of fused-ring (bicyclic) bond motifs is 3. The maximum Gasteiger partial charge on any atom is 0.473 e. The smallest absolute Gasteiger partial charge is 0.390 e. The lowest BCUT2D eigenvalue weighted by Gasteiger charge is -2.28. The fourth-order valence-electron chi connectivity index (χ4n) is 9.06. The van der Waals surface area contributed by atoms with Crippen LogP contribution in [0.1, 0.15) is 141 Å². The van der Waals surface area contributed by atoms with Gasteiger partial charge in [-0.15, -0.1) is 0 Å². The number of hydrogen-bond donors (Lipinski definition) is 9. The van der Waals surface area contributed by atoms with Gasteiger partial charge in [0.25, 0.3) is 0 Å². The van der Waals surface area contributed by atoms with Crippen LogP contribution in [-0.2, 0) is 41.5 Å². The third-order valence-electron chi connectivity index (χ3n) is 12.8. The first kappa shape index (κ1) is 54.4. The second-order valence-corrected chi connectivity index (χ2v) is 21.8. The average Bonchev–Trinajstić information content (AvgIpc) is 3.85. The van der Waals surface area contributed by atoms with Crippen molar-refractivity contribution < 1.29 is 61.5 Å². The van der Waals surface area contributed by atoms with E-state index in [1.807, 2.05) is 0 Å². The van der Waals surface area contributed by atoms with Gasteiger partial charge in [0.2, 0.25) is 17.8 Å². The highest BCUT2D eigenvalue weighted by Crippen LogP contribution is 2.67. The van der Waals surface area contributed by atoms with Gasteiger partial charge in [0.1, 0.15) is 51.0 Å². The molecule has 390 valence electrons. The summed E-state index contributed by atoms with van der Waals surface area (Å²) in [6.07, 6.45) is 12.3. The Morgan fingerprint density at radius 1 is 0.814 bits per heavy atom. The molecule has 4 aromatic rings. The maximum atomic E-state index is 13.7. The van der Waals surface area contributed by atoms with Gasteiger partial charge in [0, 0.05) is 19.4 Å². The van der Waals surface area contributed by atoms with Gasteiger partial charge in [-0.1, -0.05) is 121 Å². The normalized spacial score (nSPS) is 25.9. The highest BCUT2D eigenvalue weighted by Gasteiger charge is 2.83.